The van der Waals surface area contributed by atoms with E-state index in [-0.39, 0.29) is 24.9 Å². The van der Waals surface area contributed by atoms with Crippen LogP contribution in [0.3, 0.4) is 0 Å². The van der Waals surface area contributed by atoms with E-state index in [0.717, 1.165) is 0 Å². The van der Waals surface area contributed by atoms with Crippen LogP contribution in [-0.2, 0) is 9.59 Å². The number of carbonyl (C=O) groups is 2. The average molecular weight is 245 g/mol. The molecule has 1 aliphatic heterocycles. The number of nitrogens with two attached hydrogens (primary N) is 1. The van der Waals surface area contributed by atoms with Crippen molar-refractivity contribution in [3.05, 3.63) is 0 Å². The lowest BCUT2D eigenvalue weighted by atomic mass is 10.2. The number of carbonyl (C=O) groups excluding carboxylic acids is 2. The lowest BCUT2D eigenvalue weighted by Crippen LogP contribution is -2.41. The van der Waals surface area contributed by atoms with Crippen molar-refractivity contribution in [2.75, 3.05) is 25.4 Å². The molecule has 0 aliphatic carbocycles. The molecule has 0 saturated carbocycles. The highest BCUT2D eigenvalue weighted by molar-refractivity contribution is 7.99. The summed E-state index contributed by atoms with van der Waals surface area (Å²) in [6.45, 7) is 0.640. The molecular weight excluding hydrogens is 226 g/mol. The molecule has 92 valence electrons. The topological polar surface area (TPSA) is 84.2 Å². The van der Waals surface area contributed by atoms with Gasteiger partial charge in [0.05, 0.1) is 13.1 Å². The Morgan fingerprint density at radius 2 is 2.06 bits per heavy atom. The lowest BCUT2D eigenvalue weighted by Gasteiger charge is -2.21. The average Bonchev–Trinajstić information content (AvgIpc) is 2.34. The van der Waals surface area contributed by atoms with Crippen molar-refractivity contribution in [1.82, 2.24) is 10.6 Å². The smallest absolute Gasteiger partial charge is 0.239 e. The zero-order chi connectivity index (χ0) is 11.8. The predicted octanol–water partition coefficient (Wildman–Crippen LogP) is -0.537. The maximum atomic E-state index is 11.3. The number of amides is 2. The summed E-state index contributed by atoms with van der Waals surface area (Å²) in [4.78, 5) is 22.1. The van der Waals surface area contributed by atoms with Crippen molar-refractivity contribution in [3.63, 3.8) is 0 Å². The molecule has 5 nitrogen and oxygen atoms in total. The van der Waals surface area contributed by atoms with Gasteiger partial charge in [-0.3, -0.25) is 9.59 Å². The molecule has 0 spiro atoms. The third-order valence-corrected chi connectivity index (χ3v) is 3.83. The third-order valence-electron chi connectivity index (χ3n) is 2.43. The number of rotatable bonds is 5. The molecule has 1 aliphatic rings. The van der Waals surface area contributed by atoms with Crippen LogP contribution >= 0.6 is 11.8 Å². The first-order valence-electron chi connectivity index (χ1n) is 5.57. The summed E-state index contributed by atoms with van der Waals surface area (Å²) in [5, 5.41) is 5.78. The van der Waals surface area contributed by atoms with Gasteiger partial charge < -0.3 is 16.4 Å². The summed E-state index contributed by atoms with van der Waals surface area (Å²) in [6, 6.07) is 0. The summed E-state index contributed by atoms with van der Waals surface area (Å²) < 4.78 is 0. The zero-order valence-corrected chi connectivity index (χ0v) is 10.1. The largest absolute Gasteiger partial charge is 0.353 e. The standard InChI is InChI=1S/C10H19N3O2S/c11-5-9(14)13-7-10(15)12-6-8-3-1-2-4-16-8/h8H,1-7,11H2,(H,12,15)(H,13,14). The first-order valence-corrected chi connectivity index (χ1v) is 6.62. The second-order valence-electron chi connectivity index (χ2n) is 3.77. The number of hydrogen-bond acceptors (Lipinski definition) is 4. The molecule has 0 aromatic carbocycles. The summed E-state index contributed by atoms with van der Waals surface area (Å²) in [6.07, 6.45) is 3.69. The SMILES string of the molecule is NCC(=O)NCC(=O)NCC1CCCCS1. The van der Waals surface area contributed by atoms with E-state index in [9.17, 15) is 9.59 Å². The Kier molecular flexibility index (Phi) is 6.25. The minimum atomic E-state index is -0.304. The van der Waals surface area contributed by atoms with E-state index in [1.54, 1.807) is 0 Å². The van der Waals surface area contributed by atoms with Gasteiger partial charge in [0.2, 0.25) is 11.8 Å². The van der Waals surface area contributed by atoms with Crippen LogP contribution < -0.4 is 16.4 Å². The van der Waals surface area contributed by atoms with Crippen LogP contribution in [0.5, 0.6) is 0 Å². The fourth-order valence-corrected chi connectivity index (χ4v) is 2.75. The summed E-state index contributed by atoms with van der Waals surface area (Å²) in [5.74, 6) is 0.736. The van der Waals surface area contributed by atoms with Crippen LogP contribution in [0.2, 0.25) is 0 Å². The Bertz CT molecular complexity index is 242. The van der Waals surface area contributed by atoms with Gasteiger partial charge in [-0.05, 0) is 18.6 Å². The molecule has 0 radical (unpaired) electrons. The van der Waals surface area contributed by atoms with Gasteiger partial charge in [-0.1, -0.05) is 6.42 Å². The minimum Gasteiger partial charge on any atom is -0.353 e. The van der Waals surface area contributed by atoms with Crippen molar-refractivity contribution >= 4 is 23.6 Å². The predicted molar refractivity (Wildman–Crippen MR) is 65.2 cm³/mol. The van der Waals surface area contributed by atoms with Crippen LogP contribution in [0.25, 0.3) is 0 Å². The van der Waals surface area contributed by atoms with Crippen LogP contribution in [0.1, 0.15) is 19.3 Å². The van der Waals surface area contributed by atoms with Gasteiger partial charge in [-0.25, -0.2) is 0 Å². The highest BCUT2D eigenvalue weighted by Crippen LogP contribution is 2.24. The Balaban J connectivity index is 2.07. The molecule has 0 aromatic heterocycles. The fraction of sp³-hybridized carbons (Fsp3) is 0.800. The minimum absolute atomic E-state index is 0.0212. The van der Waals surface area contributed by atoms with Crippen molar-refractivity contribution < 1.29 is 9.59 Å². The van der Waals surface area contributed by atoms with Crippen LogP contribution in [-0.4, -0.2) is 42.5 Å². The molecule has 6 heteroatoms. The van der Waals surface area contributed by atoms with Gasteiger partial charge in [-0.15, -0.1) is 0 Å². The zero-order valence-electron chi connectivity index (χ0n) is 9.33. The van der Waals surface area contributed by atoms with Crippen LogP contribution in [0.4, 0.5) is 0 Å². The van der Waals surface area contributed by atoms with Gasteiger partial charge in [0.15, 0.2) is 0 Å². The molecule has 1 heterocycles. The monoisotopic (exact) mass is 245 g/mol. The Hall–Kier alpha value is -0.750. The summed E-state index contributed by atoms with van der Waals surface area (Å²) in [7, 11) is 0. The van der Waals surface area contributed by atoms with Crippen molar-refractivity contribution in [3.8, 4) is 0 Å². The Morgan fingerprint density at radius 3 is 2.69 bits per heavy atom. The maximum absolute atomic E-state index is 11.3. The summed E-state index contributed by atoms with van der Waals surface area (Å²) >= 11 is 1.91. The first-order chi connectivity index (χ1) is 7.72. The summed E-state index contributed by atoms with van der Waals surface area (Å²) in [5.41, 5.74) is 5.10. The molecule has 0 bridgehead atoms. The second-order valence-corrected chi connectivity index (χ2v) is 5.18. The third kappa shape index (κ3) is 5.37. The number of thioether (sulfide) groups is 1. The first kappa shape index (κ1) is 13.3. The molecule has 1 atom stereocenters. The molecule has 1 saturated heterocycles. The highest BCUT2D eigenvalue weighted by Gasteiger charge is 2.14. The molecule has 4 N–H and O–H groups in total. The molecule has 16 heavy (non-hydrogen) atoms. The van der Waals surface area contributed by atoms with Gasteiger partial charge >= 0.3 is 0 Å². The van der Waals surface area contributed by atoms with Crippen LogP contribution in [0.15, 0.2) is 0 Å². The van der Waals surface area contributed by atoms with Gasteiger partial charge in [0.25, 0.3) is 0 Å². The maximum Gasteiger partial charge on any atom is 0.239 e. The van der Waals surface area contributed by atoms with E-state index in [1.165, 1.54) is 25.0 Å². The van der Waals surface area contributed by atoms with Gasteiger partial charge in [0, 0.05) is 11.8 Å². The molecule has 0 aromatic rings. The number of hydrogen-bond donors (Lipinski definition) is 3. The molecule has 1 fully saturated rings. The van der Waals surface area contributed by atoms with Crippen molar-refractivity contribution in [2.24, 2.45) is 5.73 Å². The fourth-order valence-electron chi connectivity index (χ4n) is 1.51. The quantitative estimate of drug-likeness (QED) is 0.607. The highest BCUT2D eigenvalue weighted by atomic mass is 32.2. The van der Waals surface area contributed by atoms with Gasteiger partial charge in [-0.2, -0.15) is 11.8 Å². The van der Waals surface area contributed by atoms with E-state index in [2.05, 4.69) is 10.6 Å². The van der Waals surface area contributed by atoms with Crippen molar-refractivity contribution in [1.29, 1.82) is 0 Å². The van der Waals surface area contributed by atoms with Crippen molar-refractivity contribution in [2.45, 2.75) is 24.5 Å². The van der Waals surface area contributed by atoms with E-state index in [4.69, 9.17) is 5.73 Å². The van der Waals surface area contributed by atoms with E-state index in [1.807, 2.05) is 11.8 Å². The second kappa shape index (κ2) is 7.51. The number of nitrogens with one attached hydrogen (secondary N) is 2. The Morgan fingerprint density at radius 1 is 1.25 bits per heavy atom. The van der Waals surface area contributed by atoms with E-state index in [0.29, 0.717) is 11.8 Å². The van der Waals surface area contributed by atoms with E-state index >= 15 is 0 Å². The molecule has 1 rings (SSSR count). The Labute approximate surface area is 99.9 Å². The molecule has 2 amide bonds. The lowest BCUT2D eigenvalue weighted by molar-refractivity contribution is -0.125. The van der Waals surface area contributed by atoms with E-state index < -0.39 is 0 Å². The molecule has 1 unspecified atom stereocenters. The normalized spacial score (nSPS) is 20.2. The van der Waals surface area contributed by atoms with Gasteiger partial charge in [0.1, 0.15) is 0 Å². The van der Waals surface area contributed by atoms with Crippen LogP contribution in [0, 0.1) is 0 Å². The molecular formula is C10H19N3O2S.